The van der Waals surface area contributed by atoms with Crippen LogP contribution < -0.4 is 14.2 Å². The number of amides is 2. The highest BCUT2D eigenvalue weighted by atomic mass is 32.2. The lowest BCUT2D eigenvalue weighted by Gasteiger charge is -2.32. The molecule has 2 aromatic carbocycles. The fraction of sp³-hybridized carbons (Fsp3) is 0.405. The molecule has 2 amide bonds. The quantitative estimate of drug-likeness (QED) is 0.267. The summed E-state index contributed by atoms with van der Waals surface area (Å²) in [5.41, 5.74) is 5.73. The molecule has 1 saturated heterocycles. The van der Waals surface area contributed by atoms with Gasteiger partial charge in [-0.1, -0.05) is 25.3 Å². The molecule has 0 unspecified atom stereocenters. The van der Waals surface area contributed by atoms with Crippen LogP contribution in [0, 0.1) is 0 Å². The molecule has 12 nitrogen and oxygen atoms in total. The minimum Gasteiger partial charge on any atom is -0.497 e. The predicted octanol–water partition coefficient (Wildman–Crippen LogP) is 5.16. The number of aromatic nitrogens is 3. The molecule has 0 radical (unpaired) electrons. The third-order valence-corrected chi connectivity index (χ3v) is 11.5. The van der Waals surface area contributed by atoms with Gasteiger partial charge in [0.2, 0.25) is 0 Å². The van der Waals surface area contributed by atoms with Gasteiger partial charge in [-0.15, -0.1) is 0 Å². The Bertz CT molecular complexity index is 2060. The molecule has 0 spiro atoms. The van der Waals surface area contributed by atoms with Gasteiger partial charge in [0.15, 0.2) is 0 Å². The first-order valence-corrected chi connectivity index (χ1v) is 18.6. The van der Waals surface area contributed by atoms with Crippen molar-refractivity contribution in [2.45, 2.75) is 63.5 Å². The molecule has 262 valence electrons. The van der Waals surface area contributed by atoms with Crippen molar-refractivity contribution in [1.29, 1.82) is 0 Å². The Labute approximate surface area is 292 Å². The number of benzene rings is 2. The van der Waals surface area contributed by atoms with Gasteiger partial charge in [-0.25, -0.2) is 14.7 Å². The van der Waals surface area contributed by atoms with E-state index in [2.05, 4.69) is 25.3 Å². The van der Waals surface area contributed by atoms with Crippen molar-refractivity contribution in [3.8, 4) is 23.0 Å². The number of ether oxygens (including phenoxy) is 2. The van der Waals surface area contributed by atoms with Crippen LogP contribution in [0.15, 0.2) is 60.4 Å². The van der Waals surface area contributed by atoms with E-state index < -0.39 is 16.1 Å². The van der Waals surface area contributed by atoms with Gasteiger partial charge in [0.05, 0.1) is 19.3 Å². The smallest absolute Gasteiger partial charge is 0.316 e. The molecule has 2 aromatic heterocycles. The Morgan fingerprint density at radius 2 is 1.70 bits per heavy atom. The molecule has 4 heterocycles. The largest absolute Gasteiger partial charge is 0.497 e. The van der Waals surface area contributed by atoms with Crippen LogP contribution in [0.3, 0.4) is 0 Å². The number of rotatable bonds is 8. The summed E-state index contributed by atoms with van der Waals surface area (Å²) in [5, 5.41) is 1.01. The average Bonchev–Trinajstić information content (AvgIpc) is 3.34. The maximum atomic E-state index is 14.4. The Hall–Kier alpha value is -4.75. The lowest BCUT2D eigenvalue weighted by Crippen LogP contribution is -2.42. The van der Waals surface area contributed by atoms with Gasteiger partial charge in [0, 0.05) is 80.0 Å². The molecule has 3 aliphatic rings. The Morgan fingerprint density at radius 1 is 0.960 bits per heavy atom. The van der Waals surface area contributed by atoms with E-state index in [1.165, 1.54) is 26.1 Å². The zero-order chi connectivity index (χ0) is 35.0. The zero-order valence-electron chi connectivity index (χ0n) is 28.6. The summed E-state index contributed by atoms with van der Waals surface area (Å²) in [6.45, 7) is 1.33. The standard InChI is InChI=1S/C37H42N6O6S/c1-41(2)50(46,47)40-35(44)25-10-12-31-32(22-25)43-23-27(36(45)42-18-14-28(15-19-42)49-37-38-16-7-17-39-37)20-26-21-29(48-3)11-13-30(26)34(43)33(31)24-8-5-4-6-9-24/h7,10-13,16-17,20-22,24,28H,4-6,8-9,14-15,18-19,23H2,1-3H3,(H,40,44). The monoisotopic (exact) mass is 698 g/mol. The van der Waals surface area contributed by atoms with Crippen LogP contribution in [0.1, 0.15) is 72.3 Å². The van der Waals surface area contributed by atoms with Gasteiger partial charge in [0.1, 0.15) is 11.9 Å². The van der Waals surface area contributed by atoms with Crippen LogP contribution in [0.25, 0.3) is 28.2 Å². The van der Waals surface area contributed by atoms with Gasteiger partial charge in [0.25, 0.3) is 11.8 Å². The summed E-state index contributed by atoms with van der Waals surface area (Å²) in [4.78, 5) is 37.9. The van der Waals surface area contributed by atoms with Crippen LogP contribution in [0.2, 0.25) is 0 Å². The number of piperidine rings is 1. The summed E-state index contributed by atoms with van der Waals surface area (Å²) >= 11 is 0. The van der Waals surface area contributed by atoms with E-state index in [4.69, 9.17) is 9.47 Å². The number of carbonyl (C=O) groups excluding carboxylic acids is 2. The highest BCUT2D eigenvalue weighted by molar-refractivity contribution is 7.87. The van der Waals surface area contributed by atoms with Crippen molar-refractivity contribution in [3.05, 3.63) is 77.1 Å². The molecule has 0 bridgehead atoms. The number of carbonyl (C=O) groups is 2. The molecule has 2 fully saturated rings. The molecule has 2 aliphatic heterocycles. The second-order valence-corrected chi connectivity index (χ2v) is 15.3. The molecule has 1 aliphatic carbocycles. The first-order valence-electron chi connectivity index (χ1n) is 17.2. The van der Waals surface area contributed by atoms with Crippen molar-refractivity contribution in [1.82, 2.24) is 28.5 Å². The average molecular weight is 699 g/mol. The number of nitrogens with one attached hydrogen (secondary N) is 1. The highest BCUT2D eigenvalue weighted by Crippen LogP contribution is 2.47. The number of nitrogens with zero attached hydrogens (tertiary/aromatic N) is 5. The van der Waals surface area contributed by atoms with Crippen molar-refractivity contribution in [2.24, 2.45) is 0 Å². The van der Waals surface area contributed by atoms with Gasteiger partial charge >= 0.3 is 16.2 Å². The van der Waals surface area contributed by atoms with Gasteiger partial charge < -0.3 is 18.9 Å². The number of hydrogen-bond donors (Lipinski definition) is 1. The first kappa shape index (κ1) is 33.7. The Morgan fingerprint density at radius 3 is 2.40 bits per heavy atom. The normalized spacial score (nSPS) is 17.1. The van der Waals surface area contributed by atoms with Crippen LogP contribution in [0.4, 0.5) is 0 Å². The SMILES string of the molecule is COc1ccc2c(c1)C=C(C(=O)N1CCC(Oc3ncccn3)CC1)Cn1c-2c(C2CCCCC2)c2ccc(C(=O)NS(=O)(=O)N(C)C)cc21. The van der Waals surface area contributed by atoms with Crippen LogP contribution in [-0.2, 0) is 21.5 Å². The molecule has 4 aromatic rings. The lowest BCUT2D eigenvalue weighted by molar-refractivity contribution is -0.129. The van der Waals surface area contributed by atoms with Crippen molar-refractivity contribution in [2.75, 3.05) is 34.3 Å². The molecule has 13 heteroatoms. The minimum atomic E-state index is -3.99. The van der Waals surface area contributed by atoms with Gasteiger partial charge in [-0.05, 0) is 72.4 Å². The number of likely N-dealkylation sites (tertiary alicyclic amines) is 1. The van der Waals surface area contributed by atoms with E-state index in [0.717, 1.165) is 57.7 Å². The van der Waals surface area contributed by atoms with E-state index in [9.17, 15) is 18.0 Å². The topological polar surface area (TPSA) is 136 Å². The predicted molar refractivity (Wildman–Crippen MR) is 190 cm³/mol. The van der Waals surface area contributed by atoms with Crippen molar-refractivity contribution in [3.63, 3.8) is 0 Å². The second kappa shape index (κ2) is 13.9. The van der Waals surface area contributed by atoms with Gasteiger partial charge in [-0.2, -0.15) is 12.7 Å². The second-order valence-electron chi connectivity index (χ2n) is 13.4. The minimum absolute atomic E-state index is 0.0620. The molecular formula is C37H42N6O6S. The summed E-state index contributed by atoms with van der Waals surface area (Å²) < 4.78 is 42.0. The molecule has 7 rings (SSSR count). The van der Waals surface area contributed by atoms with E-state index in [0.29, 0.717) is 49.2 Å². The highest BCUT2D eigenvalue weighted by Gasteiger charge is 2.33. The fourth-order valence-corrected chi connectivity index (χ4v) is 7.99. The van der Waals surface area contributed by atoms with Crippen molar-refractivity contribution >= 4 is 39.0 Å². The maximum absolute atomic E-state index is 14.4. The molecular weight excluding hydrogens is 657 g/mol. The third-order valence-electron chi connectivity index (χ3n) is 10.1. The Kier molecular flexibility index (Phi) is 9.36. The summed E-state index contributed by atoms with van der Waals surface area (Å²) in [6.07, 6.45) is 12.0. The number of methoxy groups -OCH3 is 1. The lowest BCUT2D eigenvalue weighted by atomic mass is 9.81. The first-order chi connectivity index (χ1) is 24.1. The van der Waals surface area contributed by atoms with E-state index in [1.54, 1.807) is 37.7 Å². The van der Waals surface area contributed by atoms with E-state index in [-0.39, 0.29) is 24.1 Å². The number of fused-ring (bicyclic) bond motifs is 5. The fourth-order valence-electron chi connectivity index (χ4n) is 7.46. The van der Waals surface area contributed by atoms with Crippen LogP contribution in [0.5, 0.6) is 11.8 Å². The van der Waals surface area contributed by atoms with Crippen molar-refractivity contribution < 1.29 is 27.5 Å². The number of hydrogen-bond acceptors (Lipinski definition) is 8. The summed E-state index contributed by atoms with van der Waals surface area (Å²) in [5.74, 6) is 0.217. The van der Waals surface area contributed by atoms with Crippen LogP contribution >= 0.6 is 0 Å². The maximum Gasteiger partial charge on any atom is 0.316 e. The van der Waals surface area contributed by atoms with Crippen LogP contribution in [-0.4, -0.2) is 84.4 Å². The molecule has 1 saturated carbocycles. The molecule has 1 N–H and O–H groups in total. The van der Waals surface area contributed by atoms with E-state index >= 15 is 0 Å². The summed E-state index contributed by atoms with van der Waals surface area (Å²) in [6, 6.07) is 13.4. The third kappa shape index (κ3) is 6.59. The van der Waals surface area contributed by atoms with E-state index in [1.807, 2.05) is 29.2 Å². The zero-order valence-corrected chi connectivity index (χ0v) is 29.4. The molecule has 0 atom stereocenters. The Balaban J connectivity index is 1.30. The summed E-state index contributed by atoms with van der Waals surface area (Å²) in [7, 11) is 0.374. The molecule has 50 heavy (non-hydrogen) atoms. The van der Waals surface area contributed by atoms with Gasteiger partial charge in [-0.3, -0.25) is 9.59 Å².